The maximum Gasteiger partial charge on any atom is 0.128 e. The van der Waals surface area contributed by atoms with E-state index in [0.29, 0.717) is 11.6 Å². The van der Waals surface area contributed by atoms with Crippen molar-refractivity contribution in [3.63, 3.8) is 0 Å². The van der Waals surface area contributed by atoms with Gasteiger partial charge >= 0.3 is 0 Å². The maximum atomic E-state index is 13.4. The normalized spacial score (nSPS) is 24.6. The van der Waals surface area contributed by atoms with Crippen LogP contribution in [-0.4, -0.2) is 19.3 Å². The van der Waals surface area contributed by atoms with Crippen molar-refractivity contribution in [2.24, 2.45) is 0 Å². The zero-order valence-corrected chi connectivity index (χ0v) is 10.5. The fourth-order valence-electron chi connectivity index (χ4n) is 2.44. The van der Waals surface area contributed by atoms with Crippen LogP contribution >= 0.6 is 0 Å². The van der Waals surface area contributed by atoms with Crippen LogP contribution in [0.4, 0.5) is 10.1 Å². The van der Waals surface area contributed by atoms with Crippen LogP contribution in [0, 0.1) is 12.7 Å². The van der Waals surface area contributed by atoms with Gasteiger partial charge in [0.1, 0.15) is 5.82 Å². The number of hydrogen-bond acceptors (Lipinski definition) is 2. The Kier molecular flexibility index (Phi) is 4.00. The van der Waals surface area contributed by atoms with Crippen molar-refractivity contribution in [1.82, 2.24) is 0 Å². The molecule has 1 aromatic carbocycles. The van der Waals surface area contributed by atoms with Crippen LogP contribution in [0.3, 0.4) is 0 Å². The molecule has 0 amide bonds. The Morgan fingerprint density at radius 1 is 1.29 bits per heavy atom. The molecule has 17 heavy (non-hydrogen) atoms. The molecular weight excluding hydrogens is 217 g/mol. The standard InChI is InChI=1S/C14H20FNO/c1-10-7-8-11(9-12(10)15)16-13-5-3-4-6-14(13)17-2/h7-9,13-14,16H,3-6H2,1-2H3. The van der Waals surface area contributed by atoms with E-state index in [-0.39, 0.29) is 11.9 Å². The van der Waals surface area contributed by atoms with Gasteiger partial charge in [0, 0.05) is 12.8 Å². The van der Waals surface area contributed by atoms with Crippen LogP contribution in [0.1, 0.15) is 31.2 Å². The van der Waals surface area contributed by atoms with Gasteiger partial charge in [-0.25, -0.2) is 4.39 Å². The number of benzene rings is 1. The minimum absolute atomic E-state index is 0.153. The molecular formula is C14H20FNO. The second kappa shape index (κ2) is 5.50. The van der Waals surface area contributed by atoms with Crippen molar-refractivity contribution < 1.29 is 9.13 Å². The number of hydrogen-bond donors (Lipinski definition) is 1. The van der Waals surface area contributed by atoms with Gasteiger partial charge in [0.25, 0.3) is 0 Å². The Morgan fingerprint density at radius 3 is 2.76 bits per heavy atom. The summed E-state index contributed by atoms with van der Waals surface area (Å²) < 4.78 is 18.9. The zero-order chi connectivity index (χ0) is 12.3. The Morgan fingerprint density at radius 2 is 2.06 bits per heavy atom. The van der Waals surface area contributed by atoms with Crippen molar-refractivity contribution in [3.05, 3.63) is 29.6 Å². The number of ether oxygens (including phenoxy) is 1. The highest BCUT2D eigenvalue weighted by atomic mass is 19.1. The van der Waals surface area contributed by atoms with Crippen molar-refractivity contribution in [2.45, 2.75) is 44.8 Å². The number of halogens is 1. The van der Waals surface area contributed by atoms with Crippen LogP contribution in [0.5, 0.6) is 0 Å². The predicted octanol–water partition coefficient (Wildman–Crippen LogP) is 3.50. The molecule has 1 N–H and O–H groups in total. The fraction of sp³-hybridized carbons (Fsp3) is 0.571. The summed E-state index contributed by atoms with van der Waals surface area (Å²) in [6.45, 7) is 1.78. The molecule has 1 aliphatic rings. The molecule has 0 saturated heterocycles. The highest BCUT2D eigenvalue weighted by Crippen LogP contribution is 2.24. The lowest BCUT2D eigenvalue weighted by atomic mass is 9.92. The summed E-state index contributed by atoms with van der Waals surface area (Å²) in [6.07, 6.45) is 4.86. The van der Waals surface area contributed by atoms with E-state index in [1.807, 2.05) is 12.1 Å². The van der Waals surface area contributed by atoms with Gasteiger partial charge in [-0.3, -0.25) is 0 Å². The first kappa shape index (κ1) is 12.4. The smallest absolute Gasteiger partial charge is 0.128 e. The maximum absolute atomic E-state index is 13.4. The Hall–Kier alpha value is -1.09. The van der Waals surface area contributed by atoms with Gasteiger partial charge in [0.2, 0.25) is 0 Å². The van der Waals surface area contributed by atoms with Crippen LogP contribution in [0.25, 0.3) is 0 Å². The lowest BCUT2D eigenvalue weighted by Crippen LogP contribution is -2.37. The molecule has 2 atom stereocenters. The Bertz CT molecular complexity index is 380. The molecule has 1 saturated carbocycles. The first-order valence-corrected chi connectivity index (χ1v) is 6.26. The summed E-state index contributed by atoms with van der Waals surface area (Å²) in [6, 6.07) is 5.61. The molecule has 1 aromatic rings. The average molecular weight is 237 g/mol. The van der Waals surface area contributed by atoms with Crippen molar-refractivity contribution in [3.8, 4) is 0 Å². The first-order valence-electron chi connectivity index (χ1n) is 6.26. The molecule has 0 bridgehead atoms. The third-order valence-electron chi connectivity index (χ3n) is 3.53. The summed E-state index contributed by atoms with van der Waals surface area (Å²) >= 11 is 0. The van der Waals surface area contributed by atoms with E-state index < -0.39 is 0 Å². The second-order valence-corrected chi connectivity index (χ2v) is 4.77. The van der Waals surface area contributed by atoms with Crippen molar-refractivity contribution >= 4 is 5.69 Å². The summed E-state index contributed by atoms with van der Waals surface area (Å²) in [5.74, 6) is -0.153. The third kappa shape index (κ3) is 2.97. The van der Waals surface area contributed by atoms with Gasteiger partial charge in [0.05, 0.1) is 12.1 Å². The molecule has 94 valence electrons. The monoisotopic (exact) mass is 237 g/mol. The van der Waals surface area contributed by atoms with E-state index >= 15 is 0 Å². The summed E-state index contributed by atoms with van der Waals surface area (Å²) in [5.41, 5.74) is 1.53. The summed E-state index contributed by atoms with van der Waals surface area (Å²) in [4.78, 5) is 0. The Labute approximate surface area is 102 Å². The van der Waals surface area contributed by atoms with E-state index in [4.69, 9.17) is 4.74 Å². The largest absolute Gasteiger partial charge is 0.380 e. The van der Waals surface area contributed by atoms with Gasteiger partial charge in [-0.1, -0.05) is 18.9 Å². The van der Waals surface area contributed by atoms with E-state index in [1.165, 1.54) is 12.8 Å². The van der Waals surface area contributed by atoms with Crippen molar-refractivity contribution in [1.29, 1.82) is 0 Å². The predicted molar refractivity (Wildman–Crippen MR) is 67.8 cm³/mol. The molecule has 2 unspecified atom stereocenters. The molecule has 0 radical (unpaired) electrons. The summed E-state index contributed by atoms with van der Waals surface area (Å²) in [7, 11) is 1.75. The zero-order valence-electron chi connectivity index (χ0n) is 10.5. The third-order valence-corrected chi connectivity index (χ3v) is 3.53. The second-order valence-electron chi connectivity index (χ2n) is 4.77. The van der Waals surface area contributed by atoms with E-state index in [1.54, 1.807) is 20.1 Å². The Balaban J connectivity index is 2.05. The molecule has 0 spiro atoms. The number of aryl methyl sites for hydroxylation is 1. The van der Waals surface area contributed by atoms with Gasteiger partial charge in [-0.15, -0.1) is 0 Å². The topological polar surface area (TPSA) is 21.3 Å². The van der Waals surface area contributed by atoms with Crippen LogP contribution < -0.4 is 5.32 Å². The molecule has 2 rings (SSSR count). The number of rotatable bonds is 3. The van der Waals surface area contributed by atoms with Gasteiger partial charge in [-0.2, -0.15) is 0 Å². The molecule has 0 aliphatic heterocycles. The highest BCUT2D eigenvalue weighted by Gasteiger charge is 2.24. The van der Waals surface area contributed by atoms with E-state index in [9.17, 15) is 4.39 Å². The number of nitrogens with one attached hydrogen (secondary N) is 1. The van der Waals surface area contributed by atoms with E-state index in [0.717, 1.165) is 18.5 Å². The van der Waals surface area contributed by atoms with Crippen LogP contribution in [0.15, 0.2) is 18.2 Å². The van der Waals surface area contributed by atoms with Crippen molar-refractivity contribution in [2.75, 3.05) is 12.4 Å². The molecule has 0 heterocycles. The number of anilines is 1. The molecule has 2 nitrogen and oxygen atoms in total. The molecule has 1 fully saturated rings. The SMILES string of the molecule is COC1CCCCC1Nc1ccc(C)c(F)c1. The molecule has 3 heteroatoms. The summed E-state index contributed by atoms with van der Waals surface area (Å²) in [5, 5.41) is 3.38. The molecule has 1 aliphatic carbocycles. The molecule has 0 aromatic heterocycles. The van der Waals surface area contributed by atoms with Crippen LogP contribution in [0.2, 0.25) is 0 Å². The quantitative estimate of drug-likeness (QED) is 0.868. The number of methoxy groups -OCH3 is 1. The average Bonchev–Trinajstić information content (AvgIpc) is 2.34. The first-order chi connectivity index (χ1) is 8.20. The minimum Gasteiger partial charge on any atom is -0.380 e. The lowest BCUT2D eigenvalue weighted by Gasteiger charge is -2.31. The minimum atomic E-state index is -0.153. The highest BCUT2D eigenvalue weighted by molar-refractivity contribution is 5.46. The van der Waals surface area contributed by atoms with Gasteiger partial charge in [-0.05, 0) is 37.5 Å². The fourth-order valence-corrected chi connectivity index (χ4v) is 2.44. The van der Waals surface area contributed by atoms with Gasteiger partial charge < -0.3 is 10.1 Å². The van der Waals surface area contributed by atoms with E-state index in [2.05, 4.69) is 5.32 Å². The van der Waals surface area contributed by atoms with Crippen LogP contribution in [-0.2, 0) is 4.74 Å². The lowest BCUT2D eigenvalue weighted by molar-refractivity contribution is 0.0606. The van der Waals surface area contributed by atoms with Gasteiger partial charge in [0.15, 0.2) is 0 Å².